The van der Waals surface area contributed by atoms with E-state index < -0.39 is 0 Å². The van der Waals surface area contributed by atoms with Gasteiger partial charge < -0.3 is 0 Å². The van der Waals surface area contributed by atoms with Gasteiger partial charge in [-0.25, -0.2) is 0 Å². The van der Waals surface area contributed by atoms with E-state index in [4.69, 9.17) is 9.47 Å². The molecule has 0 saturated carbocycles. The first-order chi connectivity index (χ1) is 5.29. The molecule has 1 fully saturated rings. The third-order valence-corrected chi connectivity index (χ3v) is 4.01. The van der Waals surface area contributed by atoms with Gasteiger partial charge in [-0.2, -0.15) is 0 Å². The van der Waals surface area contributed by atoms with E-state index in [1.165, 1.54) is 0 Å². The molecule has 1 aliphatic rings. The molecule has 0 amide bonds. The maximum absolute atomic E-state index is 9.59. The molecule has 0 aromatic carbocycles. The van der Waals surface area contributed by atoms with Crippen LogP contribution in [0.1, 0.15) is 0 Å². The average Bonchev–Trinajstić information content (AvgIpc) is 2.34. The Labute approximate surface area is 73.2 Å². The monoisotopic (exact) mass is 226 g/mol. The van der Waals surface area contributed by atoms with Gasteiger partial charge in [0.1, 0.15) is 0 Å². The average molecular weight is 225 g/mol. The second-order valence-electron chi connectivity index (χ2n) is 2.59. The standard InChI is InChI=1S/C7H14O3Se/c1-9-3-5-7(8)6(11-2)4-10-5/h5-8H,3-4H2,1-2H3/t5-,6?,7+/m1/s1. The van der Waals surface area contributed by atoms with Crippen molar-refractivity contribution >= 4 is 15.0 Å². The Morgan fingerprint density at radius 2 is 2.45 bits per heavy atom. The molecule has 0 radical (unpaired) electrons. The van der Waals surface area contributed by atoms with Crippen molar-refractivity contribution in [2.45, 2.75) is 22.8 Å². The van der Waals surface area contributed by atoms with Crippen molar-refractivity contribution in [2.75, 3.05) is 20.3 Å². The van der Waals surface area contributed by atoms with Gasteiger partial charge in [-0.05, 0) is 0 Å². The molecule has 0 aromatic rings. The molecule has 1 unspecified atom stereocenters. The first-order valence-corrected chi connectivity index (χ1v) is 6.31. The molecule has 1 rings (SSSR count). The predicted molar refractivity (Wildman–Crippen MR) is 43.0 cm³/mol. The molecule has 4 heteroatoms. The summed E-state index contributed by atoms with van der Waals surface area (Å²) in [7, 11) is 1.63. The van der Waals surface area contributed by atoms with Crippen LogP contribution in [0, 0.1) is 0 Å². The van der Waals surface area contributed by atoms with E-state index in [0.717, 1.165) is 0 Å². The van der Waals surface area contributed by atoms with Gasteiger partial charge in [0.15, 0.2) is 0 Å². The number of methoxy groups -OCH3 is 1. The number of hydrogen-bond acceptors (Lipinski definition) is 3. The number of aliphatic hydroxyl groups excluding tert-OH is 1. The molecule has 1 heterocycles. The number of rotatable bonds is 3. The van der Waals surface area contributed by atoms with E-state index in [-0.39, 0.29) is 12.2 Å². The number of hydrogen-bond donors (Lipinski definition) is 1. The Bertz CT molecular complexity index is 120. The summed E-state index contributed by atoms with van der Waals surface area (Å²) in [6.45, 7) is 1.21. The summed E-state index contributed by atoms with van der Waals surface area (Å²) in [6, 6.07) is 0. The molecule has 3 atom stereocenters. The Morgan fingerprint density at radius 3 is 2.91 bits per heavy atom. The first kappa shape index (κ1) is 9.49. The van der Waals surface area contributed by atoms with Crippen LogP contribution in [0.15, 0.2) is 0 Å². The summed E-state index contributed by atoms with van der Waals surface area (Å²) < 4.78 is 10.3. The Morgan fingerprint density at radius 1 is 1.73 bits per heavy atom. The van der Waals surface area contributed by atoms with Crippen molar-refractivity contribution in [3.63, 3.8) is 0 Å². The molecular formula is C7H14O3Se. The van der Waals surface area contributed by atoms with Crippen LogP contribution in [-0.4, -0.2) is 52.6 Å². The minimum atomic E-state index is -0.306. The van der Waals surface area contributed by atoms with E-state index in [9.17, 15) is 5.11 Å². The Balaban J connectivity index is 2.35. The molecule has 11 heavy (non-hydrogen) atoms. The predicted octanol–water partition coefficient (Wildman–Crippen LogP) is -0.0667. The SMILES string of the molecule is COC[C@H]1OCC([Se]C)[C@H]1O. The molecule has 66 valence electrons. The summed E-state index contributed by atoms with van der Waals surface area (Å²) in [4.78, 5) is 0.364. The summed E-state index contributed by atoms with van der Waals surface area (Å²) in [5.74, 6) is 2.12. The van der Waals surface area contributed by atoms with E-state index in [2.05, 4.69) is 5.82 Å². The third kappa shape index (κ3) is 2.17. The second kappa shape index (κ2) is 4.43. The van der Waals surface area contributed by atoms with Crippen LogP contribution in [0.4, 0.5) is 0 Å². The fourth-order valence-electron chi connectivity index (χ4n) is 1.17. The quantitative estimate of drug-likeness (QED) is 0.683. The van der Waals surface area contributed by atoms with E-state index in [0.29, 0.717) is 33.0 Å². The zero-order valence-electron chi connectivity index (χ0n) is 6.82. The van der Waals surface area contributed by atoms with Gasteiger partial charge in [0.05, 0.1) is 0 Å². The number of ether oxygens (including phenoxy) is 2. The van der Waals surface area contributed by atoms with Crippen LogP contribution in [0.5, 0.6) is 0 Å². The zero-order valence-corrected chi connectivity index (χ0v) is 8.53. The van der Waals surface area contributed by atoms with Crippen LogP contribution in [-0.2, 0) is 9.47 Å². The maximum atomic E-state index is 9.59. The third-order valence-electron chi connectivity index (χ3n) is 1.87. The minimum absolute atomic E-state index is 0.0909. The molecule has 1 saturated heterocycles. The van der Waals surface area contributed by atoms with Gasteiger partial charge in [0.2, 0.25) is 0 Å². The Kier molecular flexibility index (Phi) is 3.82. The van der Waals surface area contributed by atoms with Gasteiger partial charge in [0, 0.05) is 0 Å². The van der Waals surface area contributed by atoms with Crippen LogP contribution < -0.4 is 0 Å². The van der Waals surface area contributed by atoms with Gasteiger partial charge in [-0.15, -0.1) is 0 Å². The summed E-state index contributed by atoms with van der Waals surface area (Å²) in [6.07, 6.45) is -0.397. The molecular weight excluding hydrogens is 211 g/mol. The normalized spacial score (nSPS) is 37.9. The van der Waals surface area contributed by atoms with E-state index in [1.807, 2.05) is 0 Å². The summed E-state index contributed by atoms with van der Waals surface area (Å²) in [5.41, 5.74) is 0. The topological polar surface area (TPSA) is 38.7 Å². The number of aliphatic hydroxyl groups is 1. The Hall–Kier alpha value is 0.399. The van der Waals surface area contributed by atoms with Crippen molar-refractivity contribution < 1.29 is 14.6 Å². The fourth-order valence-corrected chi connectivity index (χ4v) is 2.58. The second-order valence-corrected chi connectivity index (χ2v) is 4.85. The van der Waals surface area contributed by atoms with E-state index in [1.54, 1.807) is 7.11 Å². The van der Waals surface area contributed by atoms with Gasteiger partial charge in [-0.1, -0.05) is 0 Å². The van der Waals surface area contributed by atoms with E-state index >= 15 is 0 Å². The van der Waals surface area contributed by atoms with Crippen molar-refractivity contribution in [2.24, 2.45) is 0 Å². The molecule has 0 bridgehead atoms. The van der Waals surface area contributed by atoms with Gasteiger partial charge >= 0.3 is 72.7 Å². The summed E-state index contributed by atoms with van der Waals surface area (Å²) >= 11 is 0.474. The van der Waals surface area contributed by atoms with Crippen LogP contribution in [0.3, 0.4) is 0 Å². The van der Waals surface area contributed by atoms with Crippen LogP contribution in [0.2, 0.25) is 10.6 Å². The van der Waals surface area contributed by atoms with Gasteiger partial charge in [0.25, 0.3) is 0 Å². The summed E-state index contributed by atoms with van der Waals surface area (Å²) in [5, 5.41) is 9.59. The molecule has 0 aromatic heterocycles. The molecule has 1 aliphatic heterocycles. The van der Waals surface area contributed by atoms with Crippen molar-refractivity contribution in [3.8, 4) is 0 Å². The van der Waals surface area contributed by atoms with Crippen LogP contribution in [0.25, 0.3) is 0 Å². The van der Waals surface area contributed by atoms with Crippen molar-refractivity contribution in [3.05, 3.63) is 0 Å². The molecule has 0 aliphatic carbocycles. The first-order valence-electron chi connectivity index (χ1n) is 3.61. The van der Waals surface area contributed by atoms with Crippen molar-refractivity contribution in [1.82, 2.24) is 0 Å². The van der Waals surface area contributed by atoms with Crippen LogP contribution >= 0.6 is 0 Å². The van der Waals surface area contributed by atoms with Gasteiger partial charge in [-0.3, -0.25) is 0 Å². The van der Waals surface area contributed by atoms with Crippen molar-refractivity contribution in [1.29, 1.82) is 0 Å². The zero-order chi connectivity index (χ0) is 8.27. The molecule has 0 spiro atoms. The molecule has 1 N–H and O–H groups in total. The molecule has 3 nitrogen and oxygen atoms in total. The fraction of sp³-hybridized carbons (Fsp3) is 1.00.